The lowest BCUT2D eigenvalue weighted by Gasteiger charge is -2.07. The average molecular weight is 266 g/mol. The zero-order valence-corrected chi connectivity index (χ0v) is 11.2. The van der Waals surface area contributed by atoms with Crippen LogP contribution >= 0.6 is 11.3 Å². The third-order valence-corrected chi connectivity index (χ3v) is 3.62. The summed E-state index contributed by atoms with van der Waals surface area (Å²) in [6, 6.07) is 4.57. The number of anilines is 1. The number of hydrogen-bond donors (Lipinski definition) is 1. The van der Waals surface area contributed by atoms with E-state index in [2.05, 4.69) is 17.2 Å². The standard InChI is InChI=1S/C13H15FN2OS/c1-3-13-16-8-12(18-13)7-15-10-4-9(14)5-11(6-10)17-2/h4-6,8,15H,3,7H2,1-2H3. The molecule has 0 amide bonds. The Hall–Kier alpha value is -1.62. The first-order valence-electron chi connectivity index (χ1n) is 5.73. The van der Waals surface area contributed by atoms with Gasteiger partial charge in [0.15, 0.2) is 0 Å². The molecule has 96 valence electrons. The molecule has 0 aliphatic carbocycles. The van der Waals surface area contributed by atoms with Crippen LogP contribution in [0.3, 0.4) is 0 Å². The third kappa shape index (κ3) is 3.20. The van der Waals surface area contributed by atoms with E-state index in [0.717, 1.165) is 16.3 Å². The van der Waals surface area contributed by atoms with Gasteiger partial charge in [-0.2, -0.15) is 0 Å². The van der Waals surface area contributed by atoms with Crippen molar-refractivity contribution in [2.45, 2.75) is 19.9 Å². The van der Waals surface area contributed by atoms with E-state index in [0.29, 0.717) is 18.0 Å². The maximum absolute atomic E-state index is 13.3. The highest BCUT2D eigenvalue weighted by Crippen LogP contribution is 2.21. The summed E-state index contributed by atoms with van der Waals surface area (Å²) in [5.74, 6) is 0.200. The number of aryl methyl sites for hydroxylation is 1. The zero-order chi connectivity index (χ0) is 13.0. The molecule has 3 nitrogen and oxygen atoms in total. The highest BCUT2D eigenvalue weighted by atomic mass is 32.1. The summed E-state index contributed by atoms with van der Waals surface area (Å²) < 4.78 is 18.3. The van der Waals surface area contributed by atoms with Gasteiger partial charge in [0, 0.05) is 28.9 Å². The van der Waals surface area contributed by atoms with Crippen LogP contribution in [0.2, 0.25) is 0 Å². The number of hydrogen-bond acceptors (Lipinski definition) is 4. The molecule has 0 bridgehead atoms. The normalized spacial score (nSPS) is 10.4. The topological polar surface area (TPSA) is 34.2 Å². The Labute approximate surface area is 110 Å². The molecule has 1 N–H and O–H groups in total. The fourth-order valence-electron chi connectivity index (χ4n) is 1.57. The van der Waals surface area contributed by atoms with Crippen molar-refractivity contribution in [2.75, 3.05) is 12.4 Å². The Kier molecular flexibility index (Phi) is 4.15. The van der Waals surface area contributed by atoms with Gasteiger partial charge in [-0.15, -0.1) is 11.3 Å². The van der Waals surface area contributed by atoms with Gasteiger partial charge in [0.2, 0.25) is 0 Å². The van der Waals surface area contributed by atoms with Crippen LogP contribution in [0.25, 0.3) is 0 Å². The lowest BCUT2D eigenvalue weighted by atomic mass is 10.3. The fraction of sp³-hybridized carbons (Fsp3) is 0.308. The largest absolute Gasteiger partial charge is 0.497 e. The van der Waals surface area contributed by atoms with E-state index in [1.165, 1.54) is 19.2 Å². The highest BCUT2D eigenvalue weighted by molar-refractivity contribution is 7.11. The van der Waals surface area contributed by atoms with Gasteiger partial charge in [-0.05, 0) is 12.5 Å². The van der Waals surface area contributed by atoms with Crippen LogP contribution in [-0.2, 0) is 13.0 Å². The molecule has 0 atom stereocenters. The van der Waals surface area contributed by atoms with Crippen LogP contribution < -0.4 is 10.1 Å². The van der Waals surface area contributed by atoms with Gasteiger partial charge < -0.3 is 10.1 Å². The second-order valence-corrected chi connectivity index (χ2v) is 5.01. The Morgan fingerprint density at radius 3 is 2.89 bits per heavy atom. The van der Waals surface area contributed by atoms with Crippen molar-refractivity contribution in [3.8, 4) is 5.75 Å². The smallest absolute Gasteiger partial charge is 0.128 e. The Bertz CT molecular complexity index is 527. The molecule has 2 aromatic rings. The summed E-state index contributed by atoms with van der Waals surface area (Å²) in [4.78, 5) is 5.41. The van der Waals surface area contributed by atoms with Crippen molar-refractivity contribution in [3.63, 3.8) is 0 Å². The Morgan fingerprint density at radius 2 is 2.22 bits per heavy atom. The molecular formula is C13H15FN2OS. The van der Waals surface area contributed by atoms with Crippen LogP contribution in [0.5, 0.6) is 5.75 Å². The maximum atomic E-state index is 13.3. The number of methoxy groups -OCH3 is 1. The SMILES string of the molecule is CCc1ncc(CNc2cc(F)cc(OC)c2)s1. The van der Waals surface area contributed by atoms with Crippen molar-refractivity contribution in [1.82, 2.24) is 4.98 Å². The quantitative estimate of drug-likeness (QED) is 0.899. The highest BCUT2D eigenvalue weighted by Gasteiger charge is 2.03. The molecule has 0 fully saturated rings. The van der Waals surface area contributed by atoms with Crippen molar-refractivity contribution in [1.29, 1.82) is 0 Å². The van der Waals surface area contributed by atoms with Crippen LogP contribution in [0.15, 0.2) is 24.4 Å². The van der Waals surface area contributed by atoms with E-state index in [4.69, 9.17) is 4.74 Å². The summed E-state index contributed by atoms with van der Waals surface area (Å²) in [7, 11) is 1.52. The van der Waals surface area contributed by atoms with Gasteiger partial charge in [-0.3, -0.25) is 0 Å². The summed E-state index contributed by atoms with van der Waals surface area (Å²) in [6.07, 6.45) is 2.80. The molecule has 0 saturated carbocycles. The van der Waals surface area contributed by atoms with Crippen molar-refractivity contribution in [2.24, 2.45) is 0 Å². The van der Waals surface area contributed by atoms with Gasteiger partial charge in [0.1, 0.15) is 11.6 Å². The van der Waals surface area contributed by atoms with E-state index < -0.39 is 0 Å². The third-order valence-electron chi connectivity index (χ3n) is 2.48. The first-order valence-corrected chi connectivity index (χ1v) is 6.55. The Morgan fingerprint density at radius 1 is 1.39 bits per heavy atom. The molecule has 0 saturated heterocycles. The van der Waals surface area contributed by atoms with E-state index in [1.54, 1.807) is 17.4 Å². The van der Waals surface area contributed by atoms with Crippen LogP contribution in [0.4, 0.5) is 10.1 Å². The number of nitrogens with one attached hydrogen (secondary N) is 1. The van der Waals surface area contributed by atoms with E-state index in [-0.39, 0.29) is 5.82 Å². The number of halogens is 1. The van der Waals surface area contributed by atoms with Crippen molar-refractivity contribution >= 4 is 17.0 Å². The van der Waals surface area contributed by atoms with Crippen LogP contribution in [-0.4, -0.2) is 12.1 Å². The summed E-state index contributed by atoms with van der Waals surface area (Å²) >= 11 is 1.67. The van der Waals surface area contributed by atoms with Gasteiger partial charge >= 0.3 is 0 Å². The molecule has 0 aliphatic heterocycles. The monoisotopic (exact) mass is 266 g/mol. The molecule has 0 unspecified atom stereocenters. The molecule has 5 heteroatoms. The molecule has 1 aromatic carbocycles. The Balaban J connectivity index is 2.03. The minimum absolute atomic E-state index is 0.310. The van der Waals surface area contributed by atoms with Crippen molar-refractivity contribution in [3.05, 3.63) is 40.1 Å². The second kappa shape index (κ2) is 5.82. The molecule has 2 rings (SSSR count). The molecule has 18 heavy (non-hydrogen) atoms. The average Bonchev–Trinajstić information content (AvgIpc) is 2.83. The van der Waals surface area contributed by atoms with E-state index in [1.807, 2.05) is 6.20 Å². The summed E-state index contributed by atoms with van der Waals surface area (Å²) in [5.41, 5.74) is 0.707. The molecule has 0 spiro atoms. The first kappa shape index (κ1) is 12.8. The zero-order valence-electron chi connectivity index (χ0n) is 10.4. The van der Waals surface area contributed by atoms with Gasteiger partial charge in [-0.1, -0.05) is 6.92 Å². The van der Waals surface area contributed by atoms with E-state index >= 15 is 0 Å². The lowest BCUT2D eigenvalue weighted by Crippen LogP contribution is -1.98. The number of ether oxygens (including phenoxy) is 1. The van der Waals surface area contributed by atoms with Crippen LogP contribution in [0.1, 0.15) is 16.8 Å². The van der Waals surface area contributed by atoms with E-state index in [9.17, 15) is 4.39 Å². The number of benzene rings is 1. The summed E-state index contributed by atoms with van der Waals surface area (Å²) in [5, 5.41) is 4.28. The molecule has 1 heterocycles. The molecule has 0 aliphatic rings. The minimum Gasteiger partial charge on any atom is -0.497 e. The van der Waals surface area contributed by atoms with Gasteiger partial charge in [-0.25, -0.2) is 9.37 Å². The fourth-order valence-corrected chi connectivity index (χ4v) is 2.37. The number of aromatic nitrogens is 1. The first-order chi connectivity index (χ1) is 8.71. The second-order valence-electron chi connectivity index (χ2n) is 3.81. The van der Waals surface area contributed by atoms with Gasteiger partial charge in [0.25, 0.3) is 0 Å². The number of rotatable bonds is 5. The lowest BCUT2D eigenvalue weighted by molar-refractivity contribution is 0.411. The molecular weight excluding hydrogens is 251 g/mol. The number of nitrogens with zero attached hydrogens (tertiary/aromatic N) is 1. The predicted octanol–water partition coefficient (Wildman–Crippen LogP) is 3.47. The number of thiazole rings is 1. The molecule has 0 radical (unpaired) electrons. The maximum Gasteiger partial charge on any atom is 0.128 e. The van der Waals surface area contributed by atoms with Crippen molar-refractivity contribution < 1.29 is 9.13 Å². The van der Waals surface area contributed by atoms with Gasteiger partial charge in [0.05, 0.1) is 18.7 Å². The summed E-state index contributed by atoms with van der Waals surface area (Å²) in [6.45, 7) is 2.72. The molecule has 1 aromatic heterocycles. The van der Waals surface area contributed by atoms with Crippen LogP contribution in [0, 0.1) is 5.82 Å². The predicted molar refractivity (Wildman–Crippen MR) is 71.8 cm³/mol. The minimum atomic E-state index is -0.310.